The number of anilines is 2. The minimum absolute atomic E-state index is 0.0628. The van der Waals surface area contributed by atoms with Gasteiger partial charge in [-0.25, -0.2) is 0 Å². The van der Waals surface area contributed by atoms with Crippen molar-refractivity contribution in [3.8, 4) is 17.0 Å². The van der Waals surface area contributed by atoms with Crippen molar-refractivity contribution in [3.63, 3.8) is 0 Å². The average Bonchev–Trinajstić information content (AvgIpc) is 2.93. The molecular weight excluding hydrogens is 326 g/mol. The van der Waals surface area contributed by atoms with Crippen LogP contribution in [0.1, 0.15) is 36.3 Å². The number of Topliss-reactive ketones (excluding diaryl/α,β-unsaturated/α-hetero) is 1. The van der Waals surface area contributed by atoms with Crippen molar-refractivity contribution in [2.75, 3.05) is 5.32 Å². The number of rotatable bonds is 3. The highest BCUT2D eigenvalue weighted by Crippen LogP contribution is 2.43. The number of aromatic amines is 1. The summed E-state index contributed by atoms with van der Waals surface area (Å²) in [7, 11) is 0. The van der Waals surface area contributed by atoms with Crippen LogP contribution in [-0.4, -0.2) is 20.9 Å². The molecule has 1 aromatic carbocycles. The molecule has 1 aliphatic rings. The molecule has 3 aromatic rings. The molecule has 4 rings (SSSR count). The Morgan fingerprint density at radius 3 is 2.65 bits per heavy atom. The molecule has 3 N–H and O–H groups in total. The Balaban J connectivity index is 1.88. The summed E-state index contributed by atoms with van der Waals surface area (Å²) in [5.74, 6) is 0.313. The molecule has 26 heavy (non-hydrogen) atoms. The molecule has 0 radical (unpaired) electrons. The number of nitrogens with zero attached hydrogens (tertiary/aromatic N) is 1. The number of ketones is 1. The molecule has 0 unspecified atom stereocenters. The summed E-state index contributed by atoms with van der Waals surface area (Å²) in [6.07, 6.45) is 4.80. The maximum Gasteiger partial charge on any atom is 0.167 e. The number of hydrogen-bond donors (Lipinski definition) is 3. The number of pyridine rings is 1. The normalized spacial score (nSPS) is 15.5. The number of fused-ring (bicyclic) bond motifs is 1. The van der Waals surface area contributed by atoms with E-state index < -0.39 is 0 Å². The number of aromatic hydroxyl groups is 1. The molecule has 2 aromatic heterocycles. The number of carbonyl (C=O) groups is 1. The van der Waals surface area contributed by atoms with Gasteiger partial charge >= 0.3 is 0 Å². The number of hydrogen-bond acceptors (Lipinski definition) is 4. The predicted octanol–water partition coefficient (Wildman–Crippen LogP) is 4.68. The SMILES string of the molecule is CC1(C)CC(=O)c2c([nH]c(-c3ccncc3)c2Nc2cccc(O)c2)C1. The van der Waals surface area contributed by atoms with E-state index in [0.717, 1.165) is 40.3 Å². The first-order valence-electron chi connectivity index (χ1n) is 8.67. The van der Waals surface area contributed by atoms with E-state index in [-0.39, 0.29) is 16.9 Å². The molecule has 0 bridgehead atoms. The van der Waals surface area contributed by atoms with Gasteiger partial charge in [-0.05, 0) is 36.1 Å². The molecule has 2 heterocycles. The number of phenols is 1. The second-order valence-electron chi connectivity index (χ2n) is 7.58. The fraction of sp³-hybridized carbons (Fsp3) is 0.238. The van der Waals surface area contributed by atoms with E-state index in [1.54, 1.807) is 30.6 Å². The monoisotopic (exact) mass is 347 g/mol. The Morgan fingerprint density at radius 1 is 1.15 bits per heavy atom. The fourth-order valence-corrected chi connectivity index (χ4v) is 3.64. The summed E-state index contributed by atoms with van der Waals surface area (Å²) in [6, 6.07) is 10.7. The molecule has 132 valence electrons. The molecule has 0 saturated carbocycles. The highest BCUT2D eigenvalue weighted by molar-refractivity contribution is 6.07. The highest BCUT2D eigenvalue weighted by Gasteiger charge is 2.35. The summed E-state index contributed by atoms with van der Waals surface area (Å²) in [6.45, 7) is 4.23. The van der Waals surface area contributed by atoms with Gasteiger partial charge in [0.2, 0.25) is 0 Å². The zero-order valence-electron chi connectivity index (χ0n) is 14.8. The Morgan fingerprint density at radius 2 is 1.92 bits per heavy atom. The van der Waals surface area contributed by atoms with Gasteiger partial charge in [0.15, 0.2) is 5.78 Å². The zero-order chi connectivity index (χ0) is 18.3. The number of nitrogens with one attached hydrogen (secondary N) is 2. The molecule has 5 heteroatoms. The van der Waals surface area contributed by atoms with E-state index in [4.69, 9.17) is 0 Å². The van der Waals surface area contributed by atoms with Crippen LogP contribution >= 0.6 is 0 Å². The van der Waals surface area contributed by atoms with Crippen molar-refractivity contribution >= 4 is 17.2 Å². The Labute approximate surface area is 152 Å². The van der Waals surface area contributed by atoms with Crippen LogP contribution in [0.15, 0.2) is 48.8 Å². The van der Waals surface area contributed by atoms with Gasteiger partial charge in [-0.15, -0.1) is 0 Å². The summed E-state index contributed by atoms with van der Waals surface area (Å²) in [5, 5.41) is 13.1. The molecule has 0 spiro atoms. The third-order valence-corrected chi connectivity index (χ3v) is 4.74. The van der Waals surface area contributed by atoms with Crippen LogP contribution in [0.5, 0.6) is 5.75 Å². The van der Waals surface area contributed by atoms with Gasteiger partial charge in [0, 0.05) is 41.8 Å². The second-order valence-corrected chi connectivity index (χ2v) is 7.58. The van der Waals surface area contributed by atoms with Gasteiger partial charge in [0.1, 0.15) is 5.75 Å². The second kappa shape index (κ2) is 6.02. The van der Waals surface area contributed by atoms with Gasteiger partial charge in [0.05, 0.1) is 16.9 Å². The van der Waals surface area contributed by atoms with E-state index >= 15 is 0 Å². The first-order chi connectivity index (χ1) is 12.4. The summed E-state index contributed by atoms with van der Waals surface area (Å²) >= 11 is 0. The smallest absolute Gasteiger partial charge is 0.167 e. The van der Waals surface area contributed by atoms with Crippen LogP contribution in [0.3, 0.4) is 0 Å². The summed E-state index contributed by atoms with van der Waals surface area (Å²) < 4.78 is 0. The third-order valence-electron chi connectivity index (χ3n) is 4.74. The van der Waals surface area contributed by atoms with E-state index in [9.17, 15) is 9.90 Å². The van der Waals surface area contributed by atoms with Crippen LogP contribution in [-0.2, 0) is 6.42 Å². The lowest BCUT2D eigenvalue weighted by atomic mass is 9.76. The minimum Gasteiger partial charge on any atom is -0.508 e. The fourth-order valence-electron chi connectivity index (χ4n) is 3.64. The summed E-state index contributed by atoms with van der Waals surface area (Å²) in [4.78, 5) is 20.4. The first kappa shape index (κ1) is 16.4. The van der Waals surface area contributed by atoms with Gasteiger partial charge in [0.25, 0.3) is 0 Å². The average molecular weight is 347 g/mol. The van der Waals surface area contributed by atoms with E-state index in [0.29, 0.717) is 6.42 Å². The zero-order valence-corrected chi connectivity index (χ0v) is 14.8. The molecule has 1 aliphatic carbocycles. The van der Waals surface area contributed by atoms with Gasteiger partial charge < -0.3 is 15.4 Å². The van der Waals surface area contributed by atoms with Crippen LogP contribution < -0.4 is 5.32 Å². The Hall–Kier alpha value is -3.08. The van der Waals surface area contributed by atoms with Gasteiger partial charge in [-0.3, -0.25) is 9.78 Å². The van der Waals surface area contributed by atoms with E-state index in [1.165, 1.54) is 0 Å². The van der Waals surface area contributed by atoms with Crippen molar-refractivity contribution in [2.24, 2.45) is 5.41 Å². The predicted molar refractivity (Wildman–Crippen MR) is 102 cm³/mol. The van der Waals surface area contributed by atoms with Crippen LogP contribution in [0.25, 0.3) is 11.3 Å². The number of phenolic OH excluding ortho intramolecular Hbond substituents is 1. The van der Waals surface area contributed by atoms with E-state index in [1.807, 2.05) is 18.2 Å². The number of aromatic nitrogens is 2. The standard InChI is InChI=1S/C21H21N3O2/c1-21(2)11-16-18(17(26)12-21)20(23-14-4-3-5-15(25)10-14)19(24-16)13-6-8-22-9-7-13/h3-10,23-25H,11-12H2,1-2H3. The van der Waals surface area contributed by atoms with Crippen LogP contribution in [0.4, 0.5) is 11.4 Å². The van der Waals surface area contributed by atoms with Crippen molar-refractivity contribution in [1.82, 2.24) is 9.97 Å². The van der Waals surface area contributed by atoms with Crippen molar-refractivity contribution in [3.05, 3.63) is 60.0 Å². The van der Waals surface area contributed by atoms with E-state index in [2.05, 4.69) is 29.1 Å². The maximum atomic E-state index is 12.9. The quantitative estimate of drug-likeness (QED) is 0.643. The number of carbonyl (C=O) groups excluding carboxylic acids is 1. The minimum atomic E-state index is -0.0628. The first-order valence-corrected chi connectivity index (χ1v) is 8.67. The lowest BCUT2D eigenvalue weighted by Gasteiger charge is -2.28. The van der Waals surface area contributed by atoms with Gasteiger partial charge in [-0.2, -0.15) is 0 Å². The maximum absolute atomic E-state index is 12.9. The van der Waals surface area contributed by atoms with Crippen molar-refractivity contribution in [1.29, 1.82) is 0 Å². The topological polar surface area (TPSA) is 78.0 Å². The molecule has 0 aliphatic heterocycles. The van der Waals surface area contributed by atoms with Crippen LogP contribution in [0, 0.1) is 5.41 Å². The highest BCUT2D eigenvalue weighted by atomic mass is 16.3. The molecule has 0 amide bonds. The molecule has 0 fully saturated rings. The number of H-pyrrole nitrogens is 1. The molecular formula is C21H21N3O2. The Bertz CT molecular complexity index is 974. The third kappa shape index (κ3) is 2.96. The van der Waals surface area contributed by atoms with Crippen molar-refractivity contribution in [2.45, 2.75) is 26.7 Å². The largest absolute Gasteiger partial charge is 0.508 e. The molecule has 0 atom stereocenters. The van der Waals surface area contributed by atoms with Crippen molar-refractivity contribution < 1.29 is 9.90 Å². The Kier molecular flexibility index (Phi) is 3.80. The number of benzene rings is 1. The molecule has 5 nitrogen and oxygen atoms in total. The lowest BCUT2D eigenvalue weighted by Crippen LogP contribution is -2.26. The lowest BCUT2D eigenvalue weighted by molar-refractivity contribution is 0.0912. The van der Waals surface area contributed by atoms with Crippen LogP contribution in [0.2, 0.25) is 0 Å². The molecule has 0 saturated heterocycles. The summed E-state index contributed by atoms with van der Waals surface area (Å²) in [5.41, 5.74) is 4.94. The van der Waals surface area contributed by atoms with Gasteiger partial charge in [-0.1, -0.05) is 19.9 Å².